The summed E-state index contributed by atoms with van der Waals surface area (Å²) >= 11 is 0. The van der Waals surface area contributed by atoms with Gasteiger partial charge in [-0.3, -0.25) is 9.82 Å². The molecule has 0 atom stereocenters. The minimum Gasteiger partial charge on any atom is -0.284 e. The quantitative estimate of drug-likeness (QED) is 0.778. The lowest BCUT2D eigenvalue weighted by molar-refractivity contribution is 0.606. The molecule has 0 aliphatic heterocycles. The Bertz CT molecular complexity index is 967. The molecule has 0 fully saturated rings. The van der Waals surface area contributed by atoms with Gasteiger partial charge in [0.15, 0.2) is 5.82 Å². The zero-order valence-electron chi connectivity index (χ0n) is 11.4. The van der Waals surface area contributed by atoms with E-state index in [1.807, 2.05) is 0 Å². The van der Waals surface area contributed by atoms with Crippen molar-refractivity contribution in [1.82, 2.24) is 10.2 Å². The fraction of sp³-hybridized carbons (Fsp3) is 0.0714. The van der Waals surface area contributed by atoms with E-state index in [0.29, 0.717) is 16.6 Å². The van der Waals surface area contributed by atoms with Gasteiger partial charge in [0, 0.05) is 17.0 Å². The zero-order chi connectivity index (χ0) is 15.9. The second kappa shape index (κ2) is 5.06. The monoisotopic (exact) mass is 323 g/mol. The molecule has 22 heavy (non-hydrogen) atoms. The molecule has 3 rings (SSSR count). The maximum absolute atomic E-state index is 14.1. The number of halogens is 2. The van der Waals surface area contributed by atoms with Crippen LogP contribution in [0.5, 0.6) is 0 Å². The van der Waals surface area contributed by atoms with Crippen LogP contribution in [0, 0.1) is 11.6 Å². The molecule has 0 saturated carbocycles. The lowest BCUT2D eigenvalue weighted by Crippen LogP contribution is -2.09. The van der Waals surface area contributed by atoms with Crippen LogP contribution < -0.4 is 4.72 Å². The van der Waals surface area contributed by atoms with Gasteiger partial charge in [-0.2, -0.15) is 5.10 Å². The SMILES string of the molecule is CS(=O)(=O)Nc1cc(F)c2[nH]nc(-c3cccc(F)c3)c2c1. The van der Waals surface area contributed by atoms with Crippen molar-refractivity contribution in [2.24, 2.45) is 0 Å². The summed E-state index contributed by atoms with van der Waals surface area (Å²) in [7, 11) is -3.54. The first-order valence-electron chi connectivity index (χ1n) is 6.25. The van der Waals surface area contributed by atoms with E-state index in [4.69, 9.17) is 0 Å². The number of H-pyrrole nitrogens is 1. The predicted molar refractivity (Wildman–Crippen MR) is 79.9 cm³/mol. The maximum atomic E-state index is 14.1. The molecule has 3 aromatic rings. The molecule has 5 nitrogen and oxygen atoms in total. The highest BCUT2D eigenvalue weighted by atomic mass is 32.2. The van der Waals surface area contributed by atoms with Crippen molar-refractivity contribution in [3.63, 3.8) is 0 Å². The van der Waals surface area contributed by atoms with E-state index >= 15 is 0 Å². The Kier molecular flexibility index (Phi) is 3.32. The summed E-state index contributed by atoms with van der Waals surface area (Å²) in [6, 6.07) is 8.20. The van der Waals surface area contributed by atoms with Crippen LogP contribution in [0.3, 0.4) is 0 Å². The van der Waals surface area contributed by atoms with Crippen LogP contribution >= 0.6 is 0 Å². The van der Waals surface area contributed by atoms with Gasteiger partial charge in [0.05, 0.1) is 11.9 Å². The van der Waals surface area contributed by atoms with Crippen LogP contribution in [0.25, 0.3) is 22.2 Å². The molecule has 0 aliphatic carbocycles. The standard InChI is InChI=1S/C14H11F2N3O2S/c1-22(20,21)19-10-6-11-13(8-3-2-4-9(15)5-8)17-18-14(11)12(16)7-10/h2-7,19H,1H3,(H,17,18). The van der Waals surface area contributed by atoms with E-state index in [1.165, 1.54) is 24.3 Å². The van der Waals surface area contributed by atoms with Crippen LogP contribution in [0.4, 0.5) is 14.5 Å². The Morgan fingerprint density at radius 2 is 1.95 bits per heavy atom. The van der Waals surface area contributed by atoms with Crippen molar-refractivity contribution >= 4 is 26.6 Å². The molecule has 0 amide bonds. The van der Waals surface area contributed by atoms with Crippen molar-refractivity contribution in [1.29, 1.82) is 0 Å². The average molecular weight is 323 g/mol. The Labute approximate surface area is 125 Å². The van der Waals surface area contributed by atoms with Gasteiger partial charge in [0.1, 0.15) is 17.0 Å². The van der Waals surface area contributed by atoms with Crippen molar-refractivity contribution in [3.05, 3.63) is 48.0 Å². The highest BCUT2D eigenvalue weighted by Crippen LogP contribution is 2.30. The van der Waals surface area contributed by atoms with Gasteiger partial charge in [-0.15, -0.1) is 0 Å². The average Bonchev–Trinajstić information content (AvgIpc) is 2.81. The van der Waals surface area contributed by atoms with Gasteiger partial charge in [-0.1, -0.05) is 12.1 Å². The number of benzene rings is 2. The van der Waals surface area contributed by atoms with E-state index in [-0.39, 0.29) is 11.2 Å². The topological polar surface area (TPSA) is 74.8 Å². The van der Waals surface area contributed by atoms with Crippen LogP contribution in [0.15, 0.2) is 36.4 Å². The van der Waals surface area contributed by atoms with Crippen LogP contribution in [0.1, 0.15) is 0 Å². The van der Waals surface area contributed by atoms with Crippen LogP contribution in [-0.4, -0.2) is 24.9 Å². The number of nitrogens with zero attached hydrogens (tertiary/aromatic N) is 1. The summed E-state index contributed by atoms with van der Waals surface area (Å²) in [5.41, 5.74) is 0.998. The van der Waals surface area contributed by atoms with Crippen LogP contribution in [-0.2, 0) is 10.0 Å². The number of anilines is 1. The number of rotatable bonds is 3. The summed E-state index contributed by atoms with van der Waals surface area (Å²) in [5, 5.41) is 6.89. The van der Waals surface area contributed by atoms with E-state index < -0.39 is 21.7 Å². The minimum atomic E-state index is -3.54. The third-order valence-electron chi connectivity index (χ3n) is 3.03. The maximum Gasteiger partial charge on any atom is 0.229 e. The summed E-state index contributed by atoms with van der Waals surface area (Å²) in [4.78, 5) is 0. The Hall–Kier alpha value is -2.48. The number of fused-ring (bicyclic) bond motifs is 1. The molecule has 2 aromatic carbocycles. The summed E-state index contributed by atoms with van der Waals surface area (Å²) in [6.07, 6.45) is 0.970. The molecule has 0 bridgehead atoms. The molecule has 0 radical (unpaired) electrons. The normalized spacial score (nSPS) is 11.8. The largest absolute Gasteiger partial charge is 0.284 e. The molecule has 0 spiro atoms. The van der Waals surface area contributed by atoms with Gasteiger partial charge in [0.25, 0.3) is 0 Å². The van der Waals surface area contributed by atoms with E-state index in [9.17, 15) is 17.2 Å². The summed E-state index contributed by atoms with van der Waals surface area (Å²) in [5.74, 6) is -1.10. The van der Waals surface area contributed by atoms with Crippen molar-refractivity contribution in [2.75, 3.05) is 11.0 Å². The van der Waals surface area contributed by atoms with Crippen molar-refractivity contribution < 1.29 is 17.2 Å². The molecule has 2 N–H and O–H groups in total. The smallest absolute Gasteiger partial charge is 0.229 e. The van der Waals surface area contributed by atoms with Crippen molar-refractivity contribution in [2.45, 2.75) is 0 Å². The van der Waals surface area contributed by atoms with E-state index in [0.717, 1.165) is 12.3 Å². The molecule has 0 saturated heterocycles. The zero-order valence-corrected chi connectivity index (χ0v) is 12.2. The molecular weight excluding hydrogens is 312 g/mol. The molecule has 1 heterocycles. The van der Waals surface area contributed by atoms with Gasteiger partial charge in [-0.05, 0) is 18.2 Å². The van der Waals surface area contributed by atoms with Gasteiger partial charge >= 0.3 is 0 Å². The molecule has 0 unspecified atom stereocenters. The molecular formula is C14H11F2N3O2S. The number of sulfonamides is 1. The Morgan fingerprint density at radius 1 is 1.18 bits per heavy atom. The fourth-order valence-corrected chi connectivity index (χ4v) is 2.75. The fourth-order valence-electron chi connectivity index (χ4n) is 2.21. The van der Waals surface area contributed by atoms with Crippen molar-refractivity contribution in [3.8, 4) is 11.3 Å². The van der Waals surface area contributed by atoms with Gasteiger partial charge in [-0.25, -0.2) is 17.2 Å². The minimum absolute atomic E-state index is 0.0755. The highest BCUT2D eigenvalue weighted by Gasteiger charge is 2.14. The summed E-state index contributed by atoms with van der Waals surface area (Å²) < 4.78 is 52.2. The second-order valence-electron chi connectivity index (χ2n) is 4.84. The number of hydrogen-bond donors (Lipinski definition) is 2. The third-order valence-corrected chi connectivity index (χ3v) is 3.63. The van der Waals surface area contributed by atoms with Crippen LogP contribution in [0.2, 0.25) is 0 Å². The summed E-state index contributed by atoms with van der Waals surface area (Å²) in [6.45, 7) is 0. The first-order valence-corrected chi connectivity index (χ1v) is 8.14. The Morgan fingerprint density at radius 3 is 2.64 bits per heavy atom. The van der Waals surface area contributed by atoms with E-state index in [2.05, 4.69) is 14.9 Å². The number of aromatic amines is 1. The molecule has 114 valence electrons. The highest BCUT2D eigenvalue weighted by molar-refractivity contribution is 7.92. The van der Waals surface area contributed by atoms with Gasteiger partial charge < -0.3 is 0 Å². The number of aromatic nitrogens is 2. The first kappa shape index (κ1) is 14.5. The van der Waals surface area contributed by atoms with E-state index in [1.54, 1.807) is 6.07 Å². The third kappa shape index (κ3) is 2.77. The number of hydrogen-bond acceptors (Lipinski definition) is 3. The lowest BCUT2D eigenvalue weighted by Gasteiger charge is -2.05. The molecule has 0 aliphatic rings. The second-order valence-corrected chi connectivity index (χ2v) is 6.59. The molecule has 1 aromatic heterocycles. The molecule has 8 heteroatoms. The first-order chi connectivity index (χ1) is 10.3. The Balaban J connectivity index is 2.21. The lowest BCUT2D eigenvalue weighted by atomic mass is 10.1. The number of nitrogens with one attached hydrogen (secondary N) is 2. The van der Waals surface area contributed by atoms with Gasteiger partial charge in [0.2, 0.25) is 10.0 Å². The predicted octanol–water partition coefficient (Wildman–Crippen LogP) is 2.88.